The Balaban J connectivity index is 1.89. The molecule has 1 aromatic carbocycles. The maximum Gasteiger partial charge on any atom is 0.270 e. The molecule has 2 heterocycles. The standard InChI is InChI=1S/C19H21N3O3/c1-13(11-23)20-19(24)17-14(2)21-18-16(9-6-10-22(17)18)25-12-15-7-4-3-5-8-15/h3-10,13,23H,11-12H2,1-2H3,(H,20,24)/t13-/m0/s1. The zero-order valence-electron chi connectivity index (χ0n) is 14.3. The van der Waals surface area contributed by atoms with Crippen LogP contribution in [0.4, 0.5) is 0 Å². The predicted octanol–water partition coefficient (Wildman–Crippen LogP) is 2.33. The van der Waals surface area contributed by atoms with Crippen molar-refractivity contribution < 1.29 is 14.6 Å². The first-order valence-electron chi connectivity index (χ1n) is 8.16. The summed E-state index contributed by atoms with van der Waals surface area (Å²) >= 11 is 0. The Kier molecular flexibility index (Phi) is 5.00. The fourth-order valence-corrected chi connectivity index (χ4v) is 2.62. The molecule has 130 valence electrons. The quantitative estimate of drug-likeness (QED) is 0.723. The van der Waals surface area contributed by atoms with E-state index < -0.39 is 0 Å². The zero-order chi connectivity index (χ0) is 17.8. The molecule has 2 aromatic heterocycles. The van der Waals surface area contributed by atoms with Crippen LogP contribution in [0, 0.1) is 6.92 Å². The number of pyridine rings is 1. The Bertz CT molecular complexity index is 874. The monoisotopic (exact) mass is 339 g/mol. The van der Waals surface area contributed by atoms with Gasteiger partial charge in [-0.2, -0.15) is 0 Å². The number of amides is 1. The number of nitrogens with zero attached hydrogens (tertiary/aromatic N) is 2. The van der Waals surface area contributed by atoms with Gasteiger partial charge in [0.25, 0.3) is 5.91 Å². The number of aryl methyl sites for hydroxylation is 1. The van der Waals surface area contributed by atoms with Crippen molar-refractivity contribution in [2.24, 2.45) is 0 Å². The number of aliphatic hydroxyl groups is 1. The van der Waals surface area contributed by atoms with E-state index >= 15 is 0 Å². The van der Waals surface area contributed by atoms with Crippen LogP contribution in [0.1, 0.15) is 28.7 Å². The largest absolute Gasteiger partial charge is 0.485 e. The average molecular weight is 339 g/mol. The minimum atomic E-state index is -0.324. The molecule has 0 aliphatic carbocycles. The summed E-state index contributed by atoms with van der Waals surface area (Å²) in [5, 5.41) is 11.9. The van der Waals surface area contributed by atoms with Crippen molar-refractivity contribution in [1.82, 2.24) is 14.7 Å². The second kappa shape index (κ2) is 7.36. The smallest absolute Gasteiger partial charge is 0.270 e. The summed E-state index contributed by atoms with van der Waals surface area (Å²) in [5.41, 5.74) is 2.71. The van der Waals surface area contributed by atoms with E-state index in [0.717, 1.165) is 5.56 Å². The van der Waals surface area contributed by atoms with E-state index in [1.165, 1.54) is 0 Å². The lowest BCUT2D eigenvalue weighted by molar-refractivity contribution is 0.0915. The highest BCUT2D eigenvalue weighted by Crippen LogP contribution is 2.23. The number of carbonyl (C=O) groups excluding carboxylic acids is 1. The Morgan fingerprint density at radius 2 is 2.04 bits per heavy atom. The van der Waals surface area contributed by atoms with Crippen LogP contribution in [-0.2, 0) is 6.61 Å². The van der Waals surface area contributed by atoms with Gasteiger partial charge in [0.05, 0.1) is 12.3 Å². The van der Waals surface area contributed by atoms with E-state index in [-0.39, 0.29) is 18.6 Å². The second-order valence-electron chi connectivity index (χ2n) is 5.94. The lowest BCUT2D eigenvalue weighted by Crippen LogP contribution is -2.36. The number of rotatable bonds is 6. The van der Waals surface area contributed by atoms with Crippen LogP contribution in [-0.4, -0.2) is 33.0 Å². The molecule has 0 aliphatic heterocycles. The zero-order valence-corrected chi connectivity index (χ0v) is 14.3. The molecule has 0 fully saturated rings. The maximum absolute atomic E-state index is 12.5. The first kappa shape index (κ1) is 17.0. The van der Waals surface area contributed by atoms with Crippen LogP contribution in [0.25, 0.3) is 5.65 Å². The Morgan fingerprint density at radius 3 is 2.76 bits per heavy atom. The van der Waals surface area contributed by atoms with Gasteiger partial charge in [0, 0.05) is 12.2 Å². The highest BCUT2D eigenvalue weighted by atomic mass is 16.5. The van der Waals surface area contributed by atoms with Crippen molar-refractivity contribution >= 4 is 11.6 Å². The Morgan fingerprint density at radius 1 is 1.28 bits per heavy atom. The van der Waals surface area contributed by atoms with Crippen LogP contribution in [0.2, 0.25) is 0 Å². The third kappa shape index (κ3) is 3.64. The summed E-state index contributed by atoms with van der Waals surface area (Å²) in [6.07, 6.45) is 1.78. The van der Waals surface area contributed by atoms with Gasteiger partial charge >= 0.3 is 0 Å². The molecule has 6 nitrogen and oxygen atoms in total. The van der Waals surface area contributed by atoms with Crippen molar-refractivity contribution in [3.8, 4) is 5.75 Å². The number of hydrogen-bond donors (Lipinski definition) is 2. The van der Waals surface area contributed by atoms with Gasteiger partial charge in [-0.3, -0.25) is 9.20 Å². The average Bonchev–Trinajstić information content (AvgIpc) is 2.97. The minimum absolute atomic E-state index is 0.118. The first-order valence-corrected chi connectivity index (χ1v) is 8.16. The number of imidazole rings is 1. The van der Waals surface area contributed by atoms with Crippen LogP contribution < -0.4 is 10.1 Å². The third-order valence-corrected chi connectivity index (χ3v) is 3.89. The van der Waals surface area contributed by atoms with Gasteiger partial charge in [-0.05, 0) is 31.5 Å². The molecule has 0 saturated heterocycles. The van der Waals surface area contributed by atoms with Crippen molar-refractivity contribution in [3.05, 3.63) is 65.6 Å². The van der Waals surface area contributed by atoms with Gasteiger partial charge < -0.3 is 15.2 Å². The number of ether oxygens (including phenoxy) is 1. The van der Waals surface area contributed by atoms with E-state index in [1.54, 1.807) is 24.4 Å². The van der Waals surface area contributed by atoms with Gasteiger partial charge in [-0.25, -0.2) is 4.98 Å². The summed E-state index contributed by atoms with van der Waals surface area (Å²) < 4.78 is 7.62. The van der Waals surface area contributed by atoms with E-state index in [9.17, 15) is 4.79 Å². The summed E-state index contributed by atoms with van der Waals surface area (Å²) in [6, 6.07) is 13.2. The number of fused-ring (bicyclic) bond motifs is 1. The van der Waals surface area contributed by atoms with Crippen LogP contribution >= 0.6 is 0 Å². The predicted molar refractivity (Wildman–Crippen MR) is 94.7 cm³/mol. The van der Waals surface area contributed by atoms with Gasteiger partial charge in [0.15, 0.2) is 11.4 Å². The third-order valence-electron chi connectivity index (χ3n) is 3.89. The van der Waals surface area contributed by atoms with Crippen molar-refractivity contribution in [2.45, 2.75) is 26.5 Å². The Labute approximate surface area is 146 Å². The number of benzene rings is 1. The van der Waals surface area contributed by atoms with Crippen LogP contribution in [0.15, 0.2) is 48.7 Å². The summed E-state index contributed by atoms with van der Waals surface area (Å²) in [4.78, 5) is 17.0. The van der Waals surface area contributed by atoms with Crippen LogP contribution in [0.3, 0.4) is 0 Å². The van der Waals surface area contributed by atoms with Gasteiger partial charge in [-0.1, -0.05) is 30.3 Å². The fraction of sp³-hybridized carbons (Fsp3) is 0.263. The molecular formula is C19H21N3O3. The SMILES string of the molecule is Cc1nc2c(OCc3ccccc3)cccn2c1C(=O)N[C@@H](C)CO. The molecule has 3 rings (SSSR count). The lowest BCUT2D eigenvalue weighted by Gasteiger charge is -2.11. The maximum atomic E-state index is 12.5. The molecular weight excluding hydrogens is 318 g/mol. The number of hydrogen-bond acceptors (Lipinski definition) is 4. The molecule has 0 radical (unpaired) electrons. The molecule has 25 heavy (non-hydrogen) atoms. The van der Waals surface area contributed by atoms with Crippen LogP contribution in [0.5, 0.6) is 5.75 Å². The molecule has 2 N–H and O–H groups in total. The van der Waals surface area contributed by atoms with Gasteiger partial charge in [0.1, 0.15) is 12.3 Å². The van der Waals surface area contributed by atoms with E-state index in [0.29, 0.717) is 29.4 Å². The fourth-order valence-electron chi connectivity index (χ4n) is 2.62. The number of carbonyl (C=O) groups is 1. The molecule has 0 unspecified atom stereocenters. The van der Waals surface area contributed by atoms with E-state index in [1.807, 2.05) is 42.5 Å². The Hall–Kier alpha value is -2.86. The lowest BCUT2D eigenvalue weighted by atomic mass is 10.2. The van der Waals surface area contributed by atoms with E-state index in [4.69, 9.17) is 9.84 Å². The topological polar surface area (TPSA) is 75.9 Å². The first-order chi connectivity index (χ1) is 12.1. The summed E-state index contributed by atoms with van der Waals surface area (Å²) in [5.74, 6) is 0.343. The second-order valence-corrected chi connectivity index (χ2v) is 5.94. The minimum Gasteiger partial charge on any atom is -0.485 e. The van der Waals surface area contributed by atoms with Gasteiger partial charge in [-0.15, -0.1) is 0 Å². The highest BCUT2D eigenvalue weighted by molar-refractivity contribution is 5.95. The number of nitrogens with one attached hydrogen (secondary N) is 1. The number of aliphatic hydroxyl groups excluding tert-OH is 1. The van der Waals surface area contributed by atoms with E-state index in [2.05, 4.69) is 10.3 Å². The summed E-state index contributed by atoms with van der Waals surface area (Å²) in [6.45, 7) is 3.83. The van der Waals surface area contributed by atoms with Crippen molar-refractivity contribution in [3.63, 3.8) is 0 Å². The number of aromatic nitrogens is 2. The van der Waals surface area contributed by atoms with Crippen molar-refractivity contribution in [1.29, 1.82) is 0 Å². The summed E-state index contributed by atoms with van der Waals surface area (Å²) in [7, 11) is 0. The molecule has 1 atom stereocenters. The molecule has 6 heteroatoms. The highest BCUT2D eigenvalue weighted by Gasteiger charge is 2.19. The molecule has 0 saturated carbocycles. The van der Waals surface area contributed by atoms with Crippen molar-refractivity contribution in [2.75, 3.05) is 6.61 Å². The molecule has 0 aliphatic rings. The van der Waals surface area contributed by atoms with Gasteiger partial charge in [0.2, 0.25) is 0 Å². The molecule has 3 aromatic rings. The normalized spacial score (nSPS) is 12.1. The molecule has 1 amide bonds. The molecule has 0 bridgehead atoms. The molecule has 0 spiro atoms.